The second-order valence-electron chi connectivity index (χ2n) is 10.1. The van der Waals surface area contributed by atoms with Crippen LogP contribution in [-0.2, 0) is 0 Å². The number of imidazole rings is 1. The Hall–Kier alpha value is -4.33. The molecule has 2 atom stereocenters. The van der Waals surface area contributed by atoms with E-state index in [-0.39, 0.29) is 23.2 Å². The van der Waals surface area contributed by atoms with Crippen molar-refractivity contribution in [3.8, 4) is 12.1 Å². The maximum atomic E-state index is 12.0. The van der Waals surface area contributed by atoms with Crippen molar-refractivity contribution in [1.82, 2.24) is 24.5 Å². The Morgan fingerprint density at radius 2 is 2.05 bits per heavy atom. The predicted octanol–water partition coefficient (Wildman–Crippen LogP) is 3.41. The van der Waals surface area contributed by atoms with E-state index in [1.54, 1.807) is 32.9 Å². The number of carboxylic acid groups (broad SMARTS) is 1. The van der Waals surface area contributed by atoms with Gasteiger partial charge < -0.3 is 25.7 Å². The standard InChI is InChI=1S/C25H29ClN10O3/c1-5-29-21-22-30-12-15(11-28)36(22)33-23(32-21)31-16-8-14(10-27)9-18(20(16)26)34-7-6-17(19(37)13-34)35(24(38)39)25(2,3)4/h8-9,12,17,19,37H,5-7,13H2,1-4H3,(H,38,39)(H2,29,31,32,33)/t17-,19+/m1/s1. The number of aromatic nitrogens is 4. The minimum absolute atomic E-state index is 0.117. The number of fused-ring (bicyclic) bond motifs is 1. The van der Waals surface area contributed by atoms with Crippen LogP contribution in [0.1, 0.15) is 45.4 Å². The molecule has 0 saturated carbocycles. The minimum Gasteiger partial charge on any atom is -0.465 e. The zero-order valence-corrected chi connectivity index (χ0v) is 22.7. The highest BCUT2D eigenvalue weighted by Crippen LogP contribution is 2.38. The number of aliphatic hydroxyl groups excluding tert-OH is 1. The van der Waals surface area contributed by atoms with Crippen LogP contribution in [0.5, 0.6) is 0 Å². The lowest BCUT2D eigenvalue weighted by molar-refractivity contribution is -0.000757. The molecule has 39 heavy (non-hydrogen) atoms. The van der Waals surface area contributed by atoms with Crippen LogP contribution in [0, 0.1) is 22.7 Å². The van der Waals surface area contributed by atoms with Crippen molar-refractivity contribution in [2.45, 2.75) is 51.8 Å². The number of β-amino-alcohol motifs (C(OH)–C–C–N with tert-alkyl or cyclic N) is 1. The average molecular weight is 553 g/mol. The first kappa shape index (κ1) is 27.7. The van der Waals surface area contributed by atoms with Crippen molar-refractivity contribution in [2.75, 3.05) is 35.2 Å². The van der Waals surface area contributed by atoms with E-state index in [0.29, 0.717) is 47.9 Å². The lowest BCUT2D eigenvalue weighted by Gasteiger charge is -2.46. The van der Waals surface area contributed by atoms with Gasteiger partial charge in [0.15, 0.2) is 17.2 Å². The fourth-order valence-corrected chi connectivity index (χ4v) is 5.05. The molecule has 1 saturated heterocycles. The molecule has 1 fully saturated rings. The number of carbonyl (C=O) groups is 1. The van der Waals surface area contributed by atoms with Crippen molar-refractivity contribution in [2.24, 2.45) is 0 Å². The summed E-state index contributed by atoms with van der Waals surface area (Å²) < 4.78 is 1.36. The van der Waals surface area contributed by atoms with E-state index in [1.165, 1.54) is 15.6 Å². The smallest absolute Gasteiger partial charge is 0.408 e. The summed E-state index contributed by atoms with van der Waals surface area (Å²) in [5.74, 6) is 0.535. The third-order valence-electron chi connectivity index (χ3n) is 6.40. The molecule has 1 aliphatic heterocycles. The van der Waals surface area contributed by atoms with Gasteiger partial charge in [0, 0.05) is 25.2 Å². The van der Waals surface area contributed by atoms with Crippen molar-refractivity contribution in [3.63, 3.8) is 0 Å². The first-order valence-electron chi connectivity index (χ1n) is 12.3. The Balaban J connectivity index is 1.67. The molecule has 204 valence electrons. The van der Waals surface area contributed by atoms with Crippen molar-refractivity contribution >= 4 is 46.5 Å². The van der Waals surface area contributed by atoms with Gasteiger partial charge in [0.2, 0.25) is 5.95 Å². The molecule has 2 aromatic heterocycles. The first-order chi connectivity index (χ1) is 18.5. The predicted molar refractivity (Wildman–Crippen MR) is 145 cm³/mol. The normalized spacial score (nSPS) is 17.4. The number of anilines is 4. The van der Waals surface area contributed by atoms with Gasteiger partial charge in [-0.2, -0.15) is 20.0 Å². The number of rotatable bonds is 6. The third kappa shape index (κ3) is 5.46. The molecule has 1 amide bonds. The van der Waals surface area contributed by atoms with Gasteiger partial charge in [-0.3, -0.25) is 4.90 Å². The highest BCUT2D eigenvalue weighted by Gasteiger charge is 2.40. The Morgan fingerprint density at radius 1 is 1.31 bits per heavy atom. The number of hydrogen-bond acceptors (Lipinski definition) is 10. The number of benzene rings is 1. The summed E-state index contributed by atoms with van der Waals surface area (Å²) in [6.45, 7) is 8.34. The fraction of sp³-hybridized carbons (Fsp3) is 0.440. The third-order valence-corrected chi connectivity index (χ3v) is 6.79. The maximum absolute atomic E-state index is 12.0. The van der Waals surface area contributed by atoms with Crippen LogP contribution < -0.4 is 15.5 Å². The van der Waals surface area contributed by atoms with E-state index in [4.69, 9.17) is 11.6 Å². The Bertz CT molecular complexity index is 1490. The van der Waals surface area contributed by atoms with Crippen LogP contribution in [0.3, 0.4) is 0 Å². The topological polar surface area (TPSA) is 179 Å². The van der Waals surface area contributed by atoms with Gasteiger partial charge in [0.25, 0.3) is 0 Å². The van der Waals surface area contributed by atoms with Crippen LogP contribution in [-0.4, -0.2) is 78.1 Å². The van der Waals surface area contributed by atoms with Gasteiger partial charge in [-0.1, -0.05) is 11.6 Å². The van der Waals surface area contributed by atoms with Crippen molar-refractivity contribution < 1.29 is 15.0 Å². The number of nitriles is 2. The molecule has 13 nitrogen and oxygen atoms in total. The SMILES string of the molecule is CCNc1nc(Nc2cc(C#N)cc(N3CC[C@@H](N(C(=O)O)C(C)(C)C)[C@@H](O)C3)c2Cl)nn2c(C#N)cnc12. The summed E-state index contributed by atoms with van der Waals surface area (Å²) in [5.41, 5.74) is 1.08. The second-order valence-corrected chi connectivity index (χ2v) is 10.5. The van der Waals surface area contributed by atoms with E-state index in [1.807, 2.05) is 17.9 Å². The van der Waals surface area contributed by atoms with Gasteiger partial charge in [-0.15, -0.1) is 5.10 Å². The van der Waals surface area contributed by atoms with Gasteiger partial charge in [-0.25, -0.2) is 9.78 Å². The largest absolute Gasteiger partial charge is 0.465 e. The number of aliphatic hydroxyl groups is 1. The van der Waals surface area contributed by atoms with Gasteiger partial charge >= 0.3 is 6.09 Å². The highest BCUT2D eigenvalue weighted by atomic mass is 35.5. The molecule has 0 radical (unpaired) electrons. The van der Waals surface area contributed by atoms with Gasteiger partial charge in [0.05, 0.1) is 46.4 Å². The molecular formula is C25H29ClN10O3. The molecule has 1 aliphatic rings. The lowest BCUT2D eigenvalue weighted by atomic mass is 9.94. The summed E-state index contributed by atoms with van der Waals surface area (Å²) in [7, 11) is 0. The zero-order chi connectivity index (χ0) is 28.5. The number of nitrogens with one attached hydrogen (secondary N) is 2. The van der Waals surface area contributed by atoms with E-state index in [9.17, 15) is 25.5 Å². The van der Waals surface area contributed by atoms with E-state index in [2.05, 4.69) is 31.8 Å². The number of halogens is 1. The van der Waals surface area contributed by atoms with Gasteiger partial charge in [0.1, 0.15) is 6.07 Å². The second kappa shape index (κ2) is 10.8. The summed E-state index contributed by atoms with van der Waals surface area (Å²) in [5, 5.41) is 50.7. The summed E-state index contributed by atoms with van der Waals surface area (Å²) in [6.07, 6.45) is -0.311. The van der Waals surface area contributed by atoms with Crippen LogP contribution >= 0.6 is 11.6 Å². The van der Waals surface area contributed by atoms with E-state index in [0.717, 1.165) is 0 Å². The van der Waals surface area contributed by atoms with Crippen LogP contribution in [0.4, 0.5) is 27.9 Å². The first-order valence-corrected chi connectivity index (χ1v) is 12.7. The molecule has 0 bridgehead atoms. The summed E-state index contributed by atoms with van der Waals surface area (Å²) in [4.78, 5) is 23.8. The van der Waals surface area contributed by atoms with Crippen molar-refractivity contribution in [1.29, 1.82) is 10.5 Å². The molecule has 1 aromatic carbocycles. The Kier molecular flexibility index (Phi) is 7.67. The van der Waals surface area contributed by atoms with Gasteiger partial charge in [-0.05, 0) is 46.2 Å². The van der Waals surface area contributed by atoms with Crippen molar-refractivity contribution in [3.05, 3.63) is 34.6 Å². The van der Waals surface area contributed by atoms with Crippen LogP contribution in [0.2, 0.25) is 5.02 Å². The highest BCUT2D eigenvalue weighted by molar-refractivity contribution is 6.36. The molecule has 4 rings (SSSR count). The average Bonchev–Trinajstić information content (AvgIpc) is 3.29. The zero-order valence-electron chi connectivity index (χ0n) is 22.0. The monoisotopic (exact) mass is 552 g/mol. The molecular weight excluding hydrogens is 524 g/mol. The minimum atomic E-state index is -1.10. The number of hydrogen-bond donors (Lipinski definition) is 4. The van der Waals surface area contributed by atoms with Crippen LogP contribution in [0.25, 0.3) is 5.65 Å². The molecule has 14 heteroatoms. The molecule has 0 spiro atoms. The Morgan fingerprint density at radius 3 is 2.64 bits per heavy atom. The lowest BCUT2D eigenvalue weighted by Crippen LogP contribution is -2.60. The van der Waals surface area contributed by atoms with E-state index >= 15 is 0 Å². The fourth-order valence-electron chi connectivity index (χ4n) is 4.78. The molecule has 4 N–H and O–H groups in total. The number of piperidine rings is 1. The summed E-state index contributed by atoms with van der Waals surface area (Å²) in [6, 6.07) is 6.75. The molecule has 3 aromatic rings. The molecule has 0 unspecified atom stereocenters. The quantitative estimate of drug-likeness (QED) is 0.352. The van der Waals surface area contributed by atoms with Crippen LogP contribution in [0.15, 0.2) is 18.3 Å². The maximum Gasteiger partial charge on any atom is 0.408 e. The Labute approximate surface area is 230 Å². The summed E-state index contributed by atoms with van der Waals surface area (Å²) >= 11 is 6.80. The number of amides is 1. The molecule has 3 heterocycles. The number of nitrogens with zero attached hydrogens (tertiary/aromatic N) is 8. The molecule has 0 aliphatic carbocycles. The van der Waals surface area contributed by atoms with E-state index < -0.39 is 23.8 Å².